The number of hydrogen-bond acceptors (Lipinski definition) is 9. The van der Waals surface area contributed by atoms with Crippen LogP contribution in [0.5, 0.6) is 23.0 Å². The number of morpholine rings is 1. The third kappa shape index (κ3) is 6.42. The van der Waals surface area contributed by atoms with Gasteiger partial charge in [-0.25, -0.2) is 5.43 Å². The molecule has 2 aliphatic heterocycles. The van der Waals surface area contributed by atoms with Crippen molar-refractivity contribution in [3.05, 3.63) is 47.5 Å². The molecule has 3 amide bonds. The van der Waals surface area contributed by atoms with E-state index in [2.05, 4.69) is 15.8 Å². The first-order valence-corrected chi connectivity index (χ1v) is 11.2. The molecule has 12 nitrogen and oxygen atoms in total. The molecule has 0 radical (unpaired) electrons. The Bertz CT molecular complexity index is 1150. The zero-order chi connectivity index (χ0) is 25.3. The number of carbonyl (C=O) groups is 3. The largest absolute Gasteiger partial charge is 0.493 e. The van der Waals surface area contributed by atoms with Crippen LogP contribution >= 0.6 is 0 Å². The van der Waals surface area contributed by atoms with Crippen molar-refractivity contribution in [3.8, 4) is 23.0 Å². The minimum absolute atomic E-state index is 0.124. The summed E-state index contributed by atoms with van der Waals surface area (Å²) < 4.78 is 26.7. The maximum Gasteiger partial charge on any atom is 0.329 e. The topological polar surface area (TPSA) is 137 Å². The van der Waals surface area contributed by atoms with E-state index in [9.17, 15) is 14.4 Å². The highest BCUT2D eigenvalue weighted by Crippen LogP contribution is 2.32. The summed E-state index contributed by atoms with van der Waals surface area (Å²) in [6, 6.07) is 10.2. The summed E-state index contributed by atoms with van der Waals surface area (Å²) in [5.41, 5.74) is 3.52. The fourth-order valence-corrected chi connectivity index (χ4v) is 3.46. The lowest BCUT2D eigenvalue weighted by Gasteiger charge is -2.26. The van der Waals surface area contributed by atoms with Gasteiger partial charge in [-0.3, -0.25) is 14.4 Å². The summed E-state index contributed by atoms with van der Waals surface area (Å²) in [6.45, 7) is 2.28. The van der Waals surface area contributed by atoms with Crippen LogP contribution in [-0.2, 0) is 25.7 Å². The van der Waals surface area contributed by atoms with Gasteiger partial charge in [0.2, 0.25) is 6.79 Å². The van der Waals surface area contributed by atoms with Gasteiger partial charge in [0.05, 0.1) is 26.5 Å². The van der Waals surface area contributed by atoms with Gasteiger partial charge in [-0.15, -0.1) is 0 Å². The normalized spacial score (nSPS) is 14.4. The number of benzene rings is 2. The molecule has 1 saturated heterocycles. The van der Waals surface area contributed by atoms with Crippen molar-refractivity contribution < 1.29 is 38.1 Å². The summed E-state index contributed by atoms with van der Waals surface area (Å²) in [4.78, 5) is 38.0. The summed E-state index contributed by atoms with van der Waals surface area (Å²) >= 11 is 0. The van der Waals surface area contributed by atoms with E-state index in [-0.39, 0.29) is 25.9 Å². The van der Waals surface area contributed by atoms with Crippen molar-refractivity contribution in [3.63, 3.8) is 0 Å². The Balaban J connectivity index is 1.24. The van der Waals surface area contributed by atoms with Gasteiger partial charge in [-0.1, -0.05) is 6.07 Å². The van der Waals surface area contributed by atoms with E-state index in [1.807, 2.05) is 0 Å². The molecular formula is C24H26N4O8. The van der Waals surface area contributed by atoms with Gasteiger partial charge < -0.3 is 33.9 Å². The summed E-state index contributed by atoms with van der Waals surface area (Å²) in [5.74, 6) is 0.119. The minimum atomic E-state index is -0.916. The number of fused-ring (bicyclic) bond motifs is 1. The molecule has 0 bridgehead atoms. The van der Waals surface area contributed by atoms with Crippen LogP contribution in [0.25, 0.3) is 0 Å². The first-order valence-electron chi connectivity index (χ1n) is 11.2. The number of hydrogen-bond donors (Lipinski definition) is 2. The fourth-order valence-electron chi connectivity index (χ4n) is 3.46. The molecule has 190 valence electrons. The second-order valence-electron chi connectivity index (χ2n) is 7.76. The smallest absolute Gasteiger partial charge is 0.329 e. The molecule has 2 aromatic rings. The Morgan fingerprint density at radius 2 is 1.83 bits per heavy atom. The van der Waals surface area contributed by atoms with Gasteiger partial charge in [0.1, 0.15) is 0 Å². The second kappa shape index (κ2) is 11.9. The van der Waals surface area contributed by atoms with E-state index in [1.54, 1.807) is 41.3 Å². The number of rotatable bonds is 8. The van der Waals surface area contributed by atoms with E-state index in [0.29, 0.717) is 54.9 Å². The van der Waals surface area contributed by atoms with E-state index >= 15 is 0 Å². The molecule has 0 aromatic heterocycles. The van der Waals surface area contributed by atoms with Crippen molar-refractivity contribution >= 4 is 23.9 Å². The highest BCUT2D eigenvalue weighted by atomic mass is 16.7. The third-order valence-electron chi connectivity index (χ3n) is 5.38. The van der Waals surface area contributed by atoms with Crippen molar-refractivity contribution in [2.24, 2.45) is 5.10 Å². The van der Waals surface area contributed by atoms with Gasteiger partial charge in [-0.2, -0.15) is 5.10 Å². The number of ether oxygens (including phenoxy) is 5. The predicted octanol–water partition coefficient (Wildman–Crippen LogP) is 0.428. The number of nitrogens with zero attached hydrogens (tertiary/aromatic N) is 2. The van der Waals surface area contributed by atoms with Crippen molar-refractivity contribution in [1.29, 1.82) is 0 Å². The average Bonchev–Trinajstić information content (AvgIpc) is 3.39. The number of amides is 3. The Morgan fingerprint density at radius 1 is 1.03 bits per heavy atom. The molecule has 0 unspecified atom stereocenters. The molecule has 1 fully saturated rings. The SMILES string of the molecule is COc1cc(/C=N\NC(=O)C(=O)NCc2ccc3c(c2)OCO3)ccc1OCC(=O)N1CCOCC1. The first kappa shape index (κ1) is 24.8. The third-order valence-corrected chi connectivity index (χ3v) is 5.38. The number of carbonyl (C=O) groups excluding carboxylic acids is 3. The second-order valence-corrected chi connectivity index (χ2v) is 7.76. The highest BCUT2D eigenvalue weighted by molar-refractivity contribution is 6.35. The lowest BCUT2D eigenvalue weighted by molar-refractivity contribution is -0.139. The molecule has 0 aliphatic carbocycles. The van der Waals surface area contributed by atoms with Crippen LogP contribution in [0.15, 0.2) is 41.5 Å². The molecule has 12 heteroatoms. The minimum Gasteiger partial charge on any atom is -0.493 e. The lowest BCUT2D eigenvalue weighted by Crippen LogP contribution is -2.43. The summed E-state index contributed by atoms with van der Waals surface area (Å²) in [5, 5.41) is 6.33. The average molecular weight is 498 g/mol. The van der Waals surface area contributed by atoms with E-state index in [0.717, 1.165) is 5.56 Å². The fraction of sp³-hybridized carbons (Fsp3) is 0.333. The van der Waals surface area contributed by atoms with Crippen molar-refractivity contribution in [2.75, 3.05) is 46.8 Å². The predicted molar refractivity (Wildman–Crippen MR) is 126 cm³/mol. The number of nitrogens with one attached hydrogen (secondary N) is 2. The molecular weight excluding hydrogens is 472 g/mol. The van der Waals surface area contributed by atoms with Gasteiger partial charge in [-0.05, 0) is 41.5 Å². The zero-order valence-electron chi connectivity index (χ0n) is 19.7. The van der Waals surface area contributed by atoms with Crippen LogP contribution in [0.3, 0.4) is 0 Å². The quantitative estimate of drug-likeness (QED) is 0.304. The van der Waals surface area contributed by atoms with Crippen molar-refractivity contribution in [2.45, 2.75) is 6.54 Å². The van der Waals surface area contributed by atoms with Gasteiger partial charge in [0.15, 0.2) is 29.6 Å². The number of hydrazone groups is 1. The molecule has 0 saturated carbocycles. The standard InChI is InChI=1S/C24H26N4O8/c1-32-20-10-17(3-4-18(20)34-14-22(29)28-6-8-33-9-7-28)13-26-27-24(31)23(30)25-12-16-2-5-19-21(11-16)36-15-35-19/h2-5,10-11,13H,6-9,12,14-15H2,1H3,(H,25,30)(H,27,31)/b26-13-. The molecule has 0 atom stereocenters. The van der Waals surface area contributed by atoms with Gasteiger partial charge in [0.25, 0.3) is 5.91 Å². The Kier molecular flexibility index (Phi) is 8.19. The highest BCUT2D eigenvalue weighted by Gasteiger charge is 2.18. The van der Waals surface area contributed by atoms with Crippen LogP contribution in [0.1, 0.15) is 11.1 Å². The van der Waals surface area contributed by atoms with E-state index in [1.165, 1.54) is 13.3 Å². The first-order chi connectivity index (χ1) is 17.5. The van der Waals surface area contributed by atoms with Crippen LogP contribution < -0.4 is 29.7 Å². The molecule has 0 spiro atoms. The van der Waals surface area contributed by atoms with E-state index in [4.69, 9.17) is 23.7 Å². The molecule has 36 heavy (non-hydrogen) atoms. The Hall–Kier alpha value is -4.32. The van der Waals surface area contributed by atoms with Crippen LogP contribution in [0, 0.1) is 0 Å². The van der Waals surface area contributed by atoms with Crippen LogP contribution in [0.4, 0.5) is 0 Å². The van der Waals surface area contributed by atoms with Crippen molar-refractivity contribution in [1.82, 2.24) is 15.6 Å². The zero-order valence-corrected chi connectivity index (χ0v) is 19.7. The van der Waals surface area contributed by atoms with Gasteiger partial charge in [0, 0.05) is 19.6 Å². The Morgan fingerprint density at radius 3 is 2.64 bits per heavy atom. The maximum absolute atomic E-state index is 12.3. The summed E-state index contributed by atoms with van der Waals surface area (Å²) in [7, 11) is 1.47. The molecule has 2 aromatic carbocycles. The van der Waals surface area contributed by atoms with Crippen LogP contribution in [-0.4, -0.2) is 75.6 Å². The maximum atomic E-state index is 12.3. The van der Waals surface area contributed by atoms with E-state index < -0.39 is 11.8 Å². The molecule has 2 N–H and O–H groups in total. The molecule has 2 aliphatic rings. The number of methoxy groups -OCH3 is 1. The summed E-state index contributed by atoms with van der Waals surface area (Å²) in [6.07, 6.45) is 1.36. The lowest BCUT2D eigenvalue weighted by atomic mass is 10.2. The van der Waals surface area contributed by atoms with Crippen LogP contribution in [0.2, 0.25) is 0 Å². The molecule has 2 heterocycles. The van der Waals surface area contributed by atoms with Gasteiger partial charge >= 0.3 is 11.8 Å². The Labute approximate surface area is 207 Å². The molecule has 4 rings (SSSR count). The monoisotopic (exact) mass is 498 g/mol.